The Morgan fingerprint density at radius 2 is 1.58 bits per heavy atom. The Morgan fingerprint density at radius 1 is 1.00 bits per heavy atom. The van der Waals surface area contributed by atoms with Crippen LogP contribution in [0.15, 0.2) is 48.5 Å². The number of likely N-dealkylation sites (N-methyl/N-ethyl adjacent to an activating group) is 1. The Kier molecular flexibility index (Phi) is 5.93. The van der Waals surface area contributed by atoms with Gasteiger partial charge in [-0.25, -0.2) is 0 Å². The molecule has 0 bridgehead atoms. The number of hydrogen-bond donors (Lipinski definition) is 0. The first kappa shape index (κ1) is 22.5. The van der Waals surface area contributed by atoms with Gasteiger partial charge in [0.15, 0.2) is 6.10 Å². The first-order valence-corrected chi connectivity index (χ1v) is 11.0. The van der Waals surface area contributed by atoms with Crippen molar-refractivity contribution in [2.24, 2.45) is 5.92 Å². The predicted molar refractivity (Wildman–Crippen MR) is 122 cm³/mol. The highest BCUT2D eigenvalue weighted by Crippen LogP contribution is 2.36. The number of anilines is 1. The van der Waals surface area contributed by atoms with Crippen LogP contribution in [0, 0.1) is 5.92 Å². The molecule has 2 aliphatic heterocycles. The van der Waals surface area contributed by atoms with Crippen molar-refractivity contribution in [3.8, 4) is 5.75 Å². The fourth-order valence-corrected chi connectivity index (χ4v) is 4.29. The molecule has 2 heterocycles. The topological polar surface area (TPSA) is 87.2 Å². The number of carbonyl (C=O) groups is 4. The smallest absolute Gasteiger partial charge is 0.265 e. The molecule has 8 nitrogen and oxygen atoms in total. The Bertz CT molecular complexity index is 1090. The van der Waals surface area contributed by atoms with E-state index in [1.165, 1.54) is 9.80 Å². The van der Waals surface area contributed by atoms with Gasteiger partial charge in [0, 0.05) is 14.1 Å². The van der Waals surface area contributed by atoms with Crippen LogP contribution in [0.25, 0.3) is 0 Å². The van der Waals surface area contributed by atoms with Gasteiger partial charge in [-0.05, 0) is 36.6 Å². The SMILES string of the molecule is CC(C)C[C@H](C(=O)N1C[C@H](C(=O)N(C)C)Oc2ccccc21)N1C(=O)c2ccccc2C1=O. The predicted octanol–water partition coefficient (Wildman–Crippen LogP) is 2.58. The zero-order valence-corrected chi connectivity index (χ0v) is 19.1. The maximum Gasteiger partial charge on any atom is 0.265 e. The van der Waals surface area contributed by atoms with Gasteiger partial charge in [-0.3, -0.25) is 24.1 Å². The molecule has 2 atom stereocenters. The third-order valence-electron chi connectivity index (χ3n) is 5.87. The summed E-state index contributed by atoms with van der Waals surface area (Å²) >= 11 is 0. The number of imide groups is 1. The molecule has 2 aromatic carbocycles. The zero-order valence-electron chi connectivity index (χ0n) is 19.1. The second-order valence-corrected chi connectivity index (χ2v) is 8.93. The normalized spacial score (nSPS) is 18.0. The molecule has 2 aromatic rings. The van der Waals surface area contributed by atoms with Crippen molar-refractivity contribution in [1.82, 2.24) is 9.80 Å². The van der Waals surface area contributed by atoms with E-state index in [0.29, 0.717) is 29.0 Å². The summed E-state index contributed by atoms with van der Waals surface area (Å²) in [6.07, 6.45) is -0.587. The molecule has 0 fully saturated rings. The van der Waals surface area contributed by atoms with E-state index in [9.17, 15) is 19.2 Å². The lowest BCUT2D eigenvalue weighted by atomic mass is 10.00. The molecular formula is C25H27N3O5. The van der Waals surface area contributed by atoms with Crippen molar-refractivity contribution >= 4 is 29.3 Å². The lowest BCUT2D eigenvalue weighted by Gasteiger charge is -2.38. The molecule has 8 heteroatoms. The minimum atomic E-state index is -1.00. The van der Waals surface area contributed by atoms with Gasteiger partial charge in [0.2, 0.25) is 0 Å². The number of hydrogen-bond acceptors (Lipinski definition) is 5. The van der Waals surface area contributed by atoms with Crippen LogP contribution in [-0.4, -0.2) is 66.2 Å². The Hall–Kier alpha value is -3.68. The number of benzene rings is 2. The quantitative estimate of drug-likeness (QED) is 0.655. The summed E-state index contributed by atoms with van der Waals surface area (Å²) in [6, 6.07) is 12.6. The van der Waals surface area contributed by atoms with Crippen molar-refractivity contribution in [3.63, 3.8) is 0 Å². The van der Waals surface area contributed by atoms with E-state index < -0.39 is 29.9 Å². The van der Waals surface area contributed by atoms with Gasteiger partial charge in [0.1, 0.15) is 11.8 Å². The van der Waals surface area contributed by atoms with E-state index in [4.69, 9.17) is 4.74 Å². The van der Waals surface area contributed by atoms with Crippen LogP contribution in [0.3, 0.4) is 0 Å². The number of nitrogens with zero attached hydrogens (tertiary/aromatic N) is 3. The highest BCUT2D eigenvalue weighted by atomic mass is 16.5. The van der Waals surface area contributed by atoms with Crippen molar-refractivity contribution in [2.45, 2.75) is 32.4 Å². The van der Waals surface area contributed by atoms with Gasteiger partial charge in [-0.15, -0.1) is 0 Å². The number of para-hydroxylation sites is 2. The van der Waals surface area contributed by atoms with Crippen molar-refractivity contribution < 1.29 is 23.9 Å². The second-order valence-electron chi connectivity index (χ2n) is 8.93. The summed E-state index contributed by atoms with van der Waals surface area (Å²) in [4.78, 5) is 57.0. The largest absolute Gasteiger partial charge is 0.476 e. The van der Waals surface area contributed by atoms with Gasteiger partial charge >= 0.3 is 0 Å². The molecule has 0 unspecified atom stereocenters. The van der Waals surface area contributed by atoms with Crippen molar-refractivity contribution in [2.75, 3.05) is 25.5 Å². The molecule has 0 aromatic heterocycles. The van der Waals surface area contributed by atoms with E-state index in [2.05, 4.69) is 0 Å². The molecule has 0 radical (unpaired) electrons. The molecule has 33 heavy (non-hydrogen) atoms. The molecule has 0 saturated carbocycles. The van der Waals surface area contributed by atoms with E-state index in [1.54, 1.807) is 62.6 Å². The third-order valence-corrected chi connectivity index (χ3v) is 5.87. The molecule has 0 aliphatic carbocycles. The summed E-state index contributed by atoms with van der Waals surface area (Å²) in [5.41, 5.74) is 1.11. The summed E-state index contributed by atoms with van der Waals surface area (Å²) in [7, 11) is 3.25. The number of carbonyl (C=O) groups excluding carboxylic acids is 4. The van der Waals surface area contributed by atoms with Gasteiger partial charge < -0.3 is 14.5 Å². The average molecular weight is 450 g/mol. The fourth-order valence-electron chi connectivity index (χ4n) is 4.29. The second kappa shape index (κ2) is 8.69. The maximum absolute atomic E-state index is 14.0. The van der Waals surface area contributed by atoms with Crippen LogP contribution in [0.4, 0.5) is 5.69 Å². The van der Waals surface area contributed by atoms with E-state index in [0.717, 1.165) is 4.90 Å². The summed E-state index contributed by atoms with van der Waals surface area (Å²) in [5, 5.41) is 0. The Balaban J connectivity index is 1.73. The standard InChI is InChI=1S/C25H27N3O5/c1-15(2)13-19(28-22(29)16-9-5-6-10-17(16)23(28)30)24(31)27-14-21(25(32)26(3)4)33-20-12-8-7-11-18(20)27/h5-12,15,19,21H,13-14H2,1-4H3/t19-,21-/m1/s1. The van der Waals surface area contributed by atoms with Gasteiger partial charge in [-0.2, -0.15) is 0 Å². The molecular weight excluding hydrogens is 422 g/mol. The van der Waals surface area contributed by atoms with Crippen LogP contribution in [-0.2, 0) is 9.59 Å². The molecule has 4 amide bonds. The molecule has 2 aliphatic rings. The van der Waals surface area contributed by atoms with Crippen molar-refractivity contribution in [3.05, 3.63) is 59.7 Å². The molecule has 0 saturated heterocycles. The van der Waals surface area contributed by atoms with Crippen molar-refractivity contribution in [1.29, 1.82) is 0 Å². The van der Waals surface area contributed by atoms with Crippen LogP contribution >= 0.6 is 0 Å². The van der Waals surface area contributed by atoms with Gasteiger partial charge in [0.05, 0.1) is 23.4 Å². The first-order valence-electron chi connectivity index (χ1n) is 11.0. The number of ether oxygens (including phenoxy) is 1. The van der Waals surface area contributed by atoms with Gasteiger partial charge in [0.25, 0.3) is 23.6 Å². The summed E-state index contributed by atoms with van der Waals surface area (Å²) in [5.74, 6) is -1.19. The summed E-state index contributed by atoms with van der Waals surface area (Å²) in [6.45, 7) is 3.86. The number of fused-ring (bicyclic) bond motifs is 2. The minimum Gasteiger partial charge on any atom is -0.476 e. The number of amides is 4. The molecule has 0 N–H and O–H groups in total. The fraction of sp³-hybridized carbons (Fsp3) is 0.360. The van der Waals surface area contributed by atoms with Crippen LogP contribution in [0.1, 0.15) is 41.0 Å². The lowest BCUT2D eigenvalue weighted by Crippen LogP contribution is -2.56. The van der Waals surface area contributed by atoms with E-state index in [-0.39, 0.29) is 18.4 Å². The van der Waals surface area contributed by atoms with E-state index in [1.807, 2.05) is 13.8 Å². The van der Waals surface area contributed by atoms with Gasteiger partial charge in [-0.1, -0.05) is 38.1 Å². The highest BCUT2D eigenvalue weighted by molar-refractivity contribution is 6.23. The third kappa shape index (κ3) is 3.97. The molecule has 0 spiro atoms. The monoisotopic (exact) mass is 449 g/mol. The van der Waals surface area contributed by atoms with Crippen LogP contribution < -0.4 is 9.64 Å². The average Bonchev–Trinajstić information content (AvgIpc) is 3.05. The van der Waals surface area contributed by atoms with Crippen LogP contribution in [0.2, 0.25) is 0 Å². The minimum absolute atomic E-state index is 0.00930. The Labute approximate surface area is 192 Å². The summed E-state index contributed by atoms with van der Waals surface area (Å²) < 4.78 is 5.88. The molecule has 4 rings (SSSR count). The van der Waals surface area contributed by atoms with E-state index >= 15 is 0 Å². The highest BCUT2D eigenvalue weighted by Gasteiger charge is 2.46. The molecule has 172 valence electrons. The number of rotatable bonds is 5. The van der Waals surface area contributed by atoms with Crippen LogP contribution in [0.5, 0.6) is 5.75 Å². The lowest BCUT2D eigenvalue weighted by molar-refractivity contribution is -0.136. The zero-order chi connectivity index (χ0) is 23.9. The first-order chi connectivity index (χ1) is 15.7. The maximum atomic E-state index is 14.0. The Morgan fingerprint density at radius 3 is 2.15 bits per heavy atom.